The normalized spacial score (nSPS) is 13.0. The lowest BCUT2D eigenvalue weighted by Gasteiger charge is -2.22. The van der Waals surface area contributed by atoms with Gasteiger partial charge in [-0.15, -0.1) is 0 Å². The molecule has 0 fully saturated rings. The molecule has 1 N–H and O–H groups in total. The number of rotatable bonds is 6. The molecule has 0 saturated carbocycles. The Morgan fingerprint density at radius 2 is 2.00 bits per heavy atom. The molecule has 2 aromatic heterocycles. The van der Waals surface area contributed by atoms with E-state index in [4.69, 9.17) is 0 Å². The minimum absolute atomic E-state index is 0.0554. The van der Waals surface area contributed by atoms with Crippen molar-refractivity contribution in [3.63, 3.8) is 0 Å². The number of amides is 1. The Balaban J connectivity index is 1.54. The van der Waals surface area contributed by atoms with Crippen LogP contribution >= 0.6 is 11.8 Å². The van der Waals surface area contributed by atoms with Crippen LogP contribution in [0, 0.1) is 5.82 Å². The molecule has 1 aliphatic rings. The molecule has 8 heteroatoms. The first-order valence-corrected chi connectivity index (χ1v) is 10.8. The van der Waals surface area contributed by atoms with E-state index in [0.717, 1.165) is 42.5 Å². The highest BCUT2D eigenvalue weighted by Gasteiger charge is 2.21. The quantitative estimate of drug-likeness (QED) is 0.485. The number of hydrogen-bond acceptors (Lipinski definition) is 5. The summed E-state index contributed by atoms with van der Waals surface area (Å²) in [5.74, 6) is -0.764. The maximum atomic E-state index is 13.7. The lowest BCUT2D eigenvalue weighted by molar-refractivity contribution is -0.113. The Morgan fingerprint density at radius 3 is 2.80 bits per heavy atom. The first-order chi connectivity index (χ1) is 14.6. The molecule has 0 unspecified atom stereocenters. The number of fused-ring (bicyclic) bond motifs is 1. The molecule has 0 spiro atoms. The van der Waals surface area contributed by atoms with Crippen molar-refractivity contribution >= 4 is 23.4 Å². The maximum absolute atomic E-state index is 13.7. The van der Waals surface area contributed by atoms with Crippen LogP contribution in [0.15, 0.2) is 58.6 Å². The molecule has 30 heavy (non-hydrogen) atoms. The Hall–Kier alpha value is -3.00. The molecule has 0 radical (unpaired) electrons. The predicted molar refractivity (Wildman–Crippen MR) is 114 cm³/mol. The van der Waals surface area contributed by atoms with Gasteiger partial charge in [-0.25, -0.2) is 9.18 Å². The van der Waals surface area contributed by atoms with Gasteiger partial charge in [0.25, 0.3) is 0 Å². The third kappa shape index (κ3) is 4.59. The van der Waals surface area contributed by atoms with Gasteiger partial charge in [0.1, 0.15) is 10.8 Å². The summed E-state index contributed by atoms with van der Waals surface area (Å²) in [5, 5.41) is 3.16. The number of hydrogen-bond donors (Lipinski definition) is 1. The molecule has 4 rings (SSSR count). The SMILES string of the molecule is O=C(CSc1nc(=O)n(Cc2cccnc2)c2c1CCCC2)Nc1ccccc1F. The molecule has 154 valence electrons. The molecule has 0 saturated heterocycles. The van der Waals surface area contributed by atoms with Gasteiger partial charge in [0.2, 0.25) is 5.91 Å². The van der Waals surface area contributed by atoms with Crippen molar-refractivity contribution in [1.29, 1.82) is 0 Å². The summed E-state index contributed by atoms with van der Waals surface area (Å²) in [7, 11) is 0. The zero-order valence-electron chi connectivity index (χ0n) is 16.3. The average molecular weight is 425 g/mol. The number of para-hydroxylation sites is 1. The van der Waals surface area contributed by atoms with Crippen LogP contribution in [0.1, 0.15) is 29.7 Å². The van der Waals surface area contributed by atoms with E-state index < -0.39 is 5.82 Å². The van der Waals surface area contributed by atoms with Gasteiger partial charge in [-0.2, -0.15) is 4.98 Å². The fourth-order valence-electron chi connectivity index (χ4n) is 3.59. The minimum atomic E-state index is -0.482. The number of pyridine rings is 1. The summed E-state index contributed by atoms with van der Waals surface area (Å²) in [6.07, 6.45) is 7.12. The van der Waals surface area contributed by atoms with E-state index >= 15 is 0 Å². The number of nitrogens with one attached hydrogen (secondary N) is 1. The number of nitrogens with zero attached hydrogens (tertiary/aromatic N) is 3. The molecular weight excluding hydrogens is 403 g/mol. The lowest BCUT2D eigenvalue weighted by atomic mass is 9.97. The Morgan fingerprint density at radius 1 is 1.17 bits per heavy atom. The molecule has 6 nitrogen and oxygen atoms in total. The second-order valence-electron chi connectivity index (χ2n) is 7.10. The lowest BCUT2D eigenvalue weighted by Crippen LogP contribution is -2.30. The maximum Gasteiger partial charge on any atom is 0.349 e. The van der Waals surface area contributed by atoms with Crippen molar-refractivity contribution in [2.24, 2.45) is 0 Å². The van der Waals surface area contributed by atoms with Gasteiger partial charge in [-0.05, 0) is 49.4 Å². The van der Waals surface area contributed by atoms with Crippen LogP contribution in [0.3, 0.4) is 0 Å². The van der Waals surface area contributed by atoms with Crippen molar-refractivity contribution in [2.45, 2.75) is 37.3 Å². The molecule has 0 aliphatic heterocycles. The van der Waals surface area contributed by atoms with Crippen LogP contribution in [0.25, 0.3) is 0 Å². The number of aromatic nitrogens is 3. The first-order valence-electron chi connectivity index (χ1n) is 9.80. The Labute approximate surface area is 177 Å². The van der Waals surface area contributed by atoms with Gasteiger partial charge in [0, 0.05) is 23.7 Å². The van der Waals surface area contributed by atoms with Gasteiger partial charge in [-0.1, -0.05) is 30.0 Å². The number of carbonyl (C=O) groups excluding carboxylic acids is 1. The monoisotopic (exact) mass is 424 g/mol. The van der Waals surface area contributed by atoms with Gasteiger partial charge in [0.15, 0.2) is 0 Å². The van der Waals surface area contributed by atoms with E-state index in [1.165, 1.54) is 23.9 Å². The van der Waals surface area contributed by atoms with Crippen molar-refractivity contribution in [3.8, 4) is 0 Å². The van der Waals surface area contributed by atoms with Crippen LogP contribution < -0.4 is 11.0 Å². The molecular formula is C22H21FN4O2S. The number of carbonyl (C=O) groups is 1. The Bertz CT molecular complexity index is 1120. The Kier molecular flexibility index (Phi) is 6.23. The second kappa shape index (κ2) is 9.21. The van der Waals surface area contributed by atoms with Crippen molar-refractivity contribution in [3.05, 3.63) is 81.9 Å². The smallest absolute Gasteiger partial charge is 0.323 e. The van der Waals surface area contributed by atoms with Gasteiger partial charge >= 0.3 is 5.69 Å². The summed E-state index contributed by atoms with van der Waals surface area (Å²) in [4.78, 5) is 33.4. The third-order valence-electron chi connectivity index (χ3n) is 5.00. The van der Waals surface area contributed by atoms with Crippen LogP contribution in [-0.2, 0) is 24.2 Å². The number of benzene rings is 1. The summed E-state index contributed by atoms with van der Waals surface area (Å²) < 4.78 is 15.4. The largest absolute Gasteiger partial charge is 0.349 e. The molecule has 2 heterocycles. The first kappa shape index (κ1) is 20.3. The van der Waals surface area contributed by atoms with Crippen LogP contribution in [-0.4, -0.2) is 26.2 Å². The highest BCUT2D eigenvalue weighted by molar-refractivity contribution is 8.00. The molecule has 1 aromatic carbocycles. The third-order valence-corrected chi connectivity index (χ3v) is 6.02. The molecule has 1 amide bonds. The molecule has 3 aromatic rings. The van der Waals surface area contributed by atoms with E-state index in [9.17, 15) is 14.0 Å². The van der Waals surface area contributed by atoms with E-state index in [-0.39, 0.29) is 23.0 Å². The highest BCUT2D eigenvalue weighted by Crippen LogP contribution is 2.29. The van der Waals surface area contributed by atoms with E-state index in [0.29, 0.717) is 11.6 Å². The van der Waals surface area contributed by atoms with Crippen LogP contribution in [0.4, 0.5) is 10.1 Å². The highest BCUT2D eigenvalue weighted by atomic mass is 32.2. The second-order valence-corrected chi connectivity index (χ2v) is 8.06. The summed E-state index contributed by atoms with van der Waals surface area (Å²) in [5.41, 5.74) is 2.79. The fourth-order valence-corrected chi connectivity index (χ4v) is 4.46. The predicted octanol–water partition coefficient (Wildman–Crippen LogP) is 3.44. The minimum Gasteiger partial charge on any atom is -0.323 e. The zero-order chi connectivity index (χ0) is 20.9. The standard InChI is InChI=1S/C22H21FN4O2S/c23-17-8-2-3-9-18(17)25-20(28)14-30-21-16-7-1-4-10-19(16)27(22(29)26-21)13-15-6-5-11-24-12-15/h2-3,5-6,8-9,11-12H,1,4,7,10,13-14H2,(H,25,28). The fraction of sp³-hybridized carbons (Fsp3) is 0.273. The molecule has 1 aliphatic carbocycles. The van der Waals surface area contributed by atoms with E-state index in [1.807, 2.05) is 12.1 Å². The number of thioether (sulfide) groups is 1. The summed E-state index contributed by atoms with van der Waals surface area (Å²) >= 11 is 1.23. The van der Waals surface area contributed by atoms with Crippen LogP contribution in [0.5, 0.6) is 0 Å². The van der Waals surface area contributed by atoms with E-state index in [1.54, 1.807) is 29.1 Å². The van der Waals surface area contributed by atoms with Crippen molar-refractivity contribution in [2.75, 3.05) is 11.1 Å². The van der Waals surface area contributed by atoms with Gasteiger partial charge < -0.3 is 5.32 Å². The van der Waals surface area contributed by atoms with Crippen molar-refractivity contribution in [1.82, 2.24) is 14.5 Å². The van der Waals surface area contributed by atoms with Crippen LogP contribution in [0.2, 0.25) is 0 Å². The number of halogens is 1. The van der Waals surface area contributed by atoms with Gasteiger partial charge in [0.05, 0.1) is 18.0 Å². The molecule has 0 bridgehead atoms. The van der Waals surface area contributed by atoms with Gasteiger partial charge in [-0.3, -0.25) is 14.3 Å². The molecule has 0 atom stereocenters. The van der Waals surface area contributed by atoms with Crippen molar-refractivity contribution < 1.29 is 9.18 Å². The summed E-state index contributed by atoms with van der Waals surface area (Å²) in [6, 6.07) is 9.81. The van der Waals surface area contributed by atoms with E-state index in [2.05, 4.69) is 15.3 Å². The topological polar surface area (TPSA) is 76.9 Å². The average Bonchev–Trinajstić information content (AvgIpc) is 2.77. The summed E-state index contributed by atoms with van der Waals surface area (Å²) in [6.45, 7) is 0.431. The number of anilines is 1. The zero-order valence-corrected chi connectivity index (χ0v) is 17.1.